The first-order valence-electron chi connectivity index (χ1n) is 4.77. The second kappa shape index (κ2) is 2.38. The lowest BCUT2D eigenvalue weighted by molar-refractivity contribution is 0.571. The first-order chi connectivity index (χ1) is 5.57. The Morgan fingerprint density at radius 1 is 1.25 bits per heavy atom. The molecule has 1 aliphatic carbocycles. The van der Waals surface area contributed by atoms with E-state index in [1.165, 1.54) is 24.2 Å². The molecule has 1 heterocycles. The molecule has 1 aliphatic rings. The summed E-state index contributed by atoms with van der Waals surface area (Å²) in [4.78, 5) is 3.52. The third kappa shape index (κ3) is 1.40. The molecule has 0 saturated heterocycles. The summed E-state index contributed by atoms with van der Waals surface area (Å²) in [5, 5.41) is 0. The van der Waals surface area contributed by atoms with Gasteiger partial charge in [-0.1, -0.05) is 20.8 Å². The first-order valence-corrected chi connectivity index (χ1v) is 4.77. The molecule has 0 aliphatic heterocycles. The quantitative estimate of drug-likeness (QED) is 0.654. The number of hydrogen-bond acceptors (Lipinski definition) is 0. The second-order valence-corrected chi connectivity index (χ2v) is 4.85. The van der Waals surface area contributed by atoms with Crippen LogP contribution in [-0.4, -0.2) is 4.98 Å². The molecule has 1 aromatic heterocycles. The van der Waals surface area contributed by atoms with Gasteiger partial charge in [0.15, 0.2) is 0 Å². The Labute approximate surface area is 74.2 Å². The maximum atomic E-state index is 3.52. The van der Waals surface area contributed by atoms with Gasteiger partial charge >= 0.3 is 0 Å². The van der Waals surface area contributed by atoms with Gasteiger partial charge in [-0.2, -0.15) is 0 Å². The van der Waals surface area contributed by atoms with Crippen LogP contribution < -0.4 is 0 Å². The number of H-pyrrole nitrogens is 1. The third-order valence-electron chi connectivity index (χ3n) is 2.53. The van der Waals surface area contributed by atoms with Crippen LogP contribution in [0.25, 0.3) is 0 Å². The summed E-state index contributed by atoms with van der Waals surface area (Å²) in [6.07, 6.45) is 2.76. The Morgan fingerprint density at radius 3 is 2.33 bits per heavy atom. The van der Waals surface area contributed by atoms with Crippen LogP contribution in [-0.2, 0) is 5.41 Å². The van der Waals surface area contributed by atoms with Gasteiger partial charge in [0.25, 0.3) is 0 Å². The van der Waals surface area contributed by atoms with Gasteiger partial charge in [-0.25, -0.2) is 0 Å². The Hall–Kier alpha value is -0.720. The van der Waals surface area contributed by atoms with Crippen LogP contribution in [0.5, 0.6) is 0 Å². The number of aromatic amines is 1. The van der Waals surface area contributed by atoms with E-state index in [1.807, 2.05) is 0 Å². The lowest BCUT2D eigenvalue weighted by atomic mass is 9.93. The number of hydrogen-bond donors (Lipinski definition) is 1. The SMILES string of the molecule is CC(C)(C)c1ccc(C2CC2)[nH]1. The number of aromatic nitrogens is 1. The van der Waals surface area contributed by atoms with Crippen LogP contribution in [0.4, 0.5) is 0 Å². The number of nitrogens with one attached hydrogen (secondary N) is 1. The van der Waals surface area contributed by atoms with Gasteiger partial charge in [-0.05, 0) is 30.9 Å². The van der Waals surface area contributed by atoms with E-state index in [1.54, 1.807) is 0 Å². The molecule has 2 rings (SSSR count). The zero-order valence-corrected chi connectivity index (χ0v) is 8.15. The van der Waals surface area contributed by atoms with E-state index < -0.39 is 0 Å². The summed E-state index contributed by atoms with van der Waals surface area (Å²) >= 11 is 0. The minimum absolute atomic E-state index is 0.271. The van der Waals surface area contributed by atoms with E-state index in [9.17, 15) is 0 Å². The van der Waals surface area contributed by atoms with E-state index in [-0.39, 0.29) is 5.41 Å². The normalized spacial score (nSPS) is 18.2. The molecule has 0 atom stereocenters. The lowest BCUT2D eigenvalue weighted by Gasteiger charge is -2.16. The standard InChI is InChI=1S/C11H17N/c1-11(2,3)10-7-6-9(12-10)8-4-5-8/h6-8,12H,4-5H2,1-3H3. The van der Waals surface area contributed by atoms with Crippen molar-refractivity contribution in [2.24, 2.45) is 0 Å². The van der Waals surface area contributed by atoms with Gasteiger partial charge in [0.05, 0.1) is 0 Å². The van der Waals surface area contributed by atoms with E-state index in [4.69, 9.17) is 0 Å². The Bertz CT molecular complexity index is 273. The van der Waals surface area contributed by atoms with Crippen molar-refractivity contribution in [1.82, 2.24) is 4.98 Å². The van der Waals surface area contributed by atoms with E-state index in [0.717, 1.165) is 5.92 Å². The molecular formula is C11H17N. The van der Waals surface area contributed by atoms with Crippen molar-refractivity contribution in [3.05, 3.63) is 23.5 Å². The molecule has 0 unspecified atom stereocenters. The number of rotatable bonds is 1. The predicted octanol–water partition coefficient (Wildman–Crippen LogP) is 3.19. The molecule has 12 heavy (non-hydrogen) atoms. The van der Waals surface area contributed by atoms with Crippen molar-refractivity contribution in [2.75, 3.05) is 0 Å². The molecule has 0 bridgehead atoms. The van der Waals surface area contributed by atoms with Gasteiger partial charge in [-0.15, -0.1) is 0 Å². The minimum Gasteiger partial charge on any atom is -0.362 e. The van der Waals surface area contributed by atoms with Crippen LogP contribution in [0, 0.1) is 0 Å². The molecule has 0 radical (unpaired) electrons. The monoisotopic (exact) mass is 163 g/mol. The zero-order chi connectivity index (χ0) is 8.77. The fraction of sp³-hybridized carbons (Fsp3) is 0.636. The Balaban J connectivity index is 2.23. The molecule has 1 heteroatoms. The van der Waals surface area contributed by atoms with Crippen LogP contribution >= 0.6 is 0 Å². The summed E-state index contributed by atoms with van der Waals surface area (Å²) < 4.78 is 0. The maximum Gasteiger partial charge on any atom is 0.0203 e. The van der Waals surface area contributed by atoms with Crippen molar-refractivity contribution >= 4 is 0 Å². The maximum absolute atomic E-state index is 3.52. The van der Waals surface area contributed by atoms with Gasteiger partial charge in [-0.3, -0.25) is 0 Å². The highest BCUT2D eigenvalue weighted by molar-refractivity contribution is 5.24. The van der Waals surface area contributed by atoms with E-state index >= 15 is 0 Å². The summed E-state index contributed by atoms with van der Waals surface area (Å²) in [7, 11) is 0. The van der Waals surface area contributed by atoms with Crippen LogP contribution in [0.2, 0.25) is 0 Å². The topological polar surface area (TPSA) is 15.8 Å². The van der Waals surface area contributed by atoms with E-state index in [2.05, 4.69) is 37.9 Å². The highest BCUT2D eigenvalue weighted by Crippen LogP contribution is 2.40. The molecule has 0 spiro atoms. The third-order valence-corrected chi connectivity index (χ3v) is 2.53. The molecule has 66 valence electrons. The molecular weight excluding hydrogens is 146 g/mol. The highest BCUT2D eigenvalue weighted by atomic mass is 14.8. The average Bonchev–Trinajstić information content (AvgIpc) is 2.66. The first kappa shape index (κ1) is 7.90. The molecule has 0 amide bonds. The molecule has 0 aromatic carbocycles. The van der Waals surface area contributed by atoms with Crippen molar-refractivity contribution in [2.45, 2.75) is 44.9 Å². The lowest BCUT2D eigenvalue weighted by Crippen LogP contribution is -2.11. The predicted molar refractivity (Wildman–Crippen MR) is 51.5 cm³/mol. The summed E-state index contributed by atoms with van der Waals surface area (Å²) in [5.74, 6) is 0.848. The van der Waals surface area contributed by atoms with Crippen molar-refractivity contribution < 1.29 is 0 Å². The molecule has 1 aromatic rings. The van der Waals surface area contributed by atoms with Crippen molar-refractivity contribution in [1.29, 1.82) is 0 Å². The van der Waals surface area contributed by atoms with Crippen molar-refractivity contribution in [3.8, 4) is 0 Å². The summed E-state index contributed by atoms with van der Waals surface area (Å²) in [6, 6.07) is 4.48. The van der Waals surface area contributed by atoms with E-state index in [0.29, 0.717) is 0 Å². The Kier molecular flexibility index (Phi) is 1.57. The minimum atomic E-state index is 0.271. The Morgan fingerprint density at radius 2 is 1.92 bits per heavy atom. The highest BCUT2D eigenvalue weighted by Gasteiger charge is 2.26. The zero-order valence-electron chi connectivity index (χ0n) is 8.15. The largest absolute Gasteiger partial charge is 0.362 e. The molecule has 1 N–H and O–H groups in total. The summed E-state index contributed by atoms with van der Waals surface area (Å²) in [6.45, 7) is 6.74. The molecule has 1 nitrogen and oxygen atoms in total. The van der Waals surface area contributed by atoms with Crippen LogP contribution in [0.1, 0.15) is 50.9 Å². The van der Waals surface area contributed by atoms with Gasteiger partial charge in [0, 0.05) is 16.8 Å². The average molecular weight is 163 g/mol. The smallest absolute Gasteiger partial charge is 0.0203 e. The second-order valence-electron chi connectivity index (χ2n) is 4.85. The van der Waals surface area contributed by atoms with Crippen molar-refractivity contribution in [3.63, 3.8) is 0 Å². The van der Waals surface area contributed by atoms with Gasteiger partial charge in [0.1, 0.15) is 0 Å². The molecule has 1 fully saturated rings. The fourth-order valence-corrected chi connectivity index (χ4v) is 1.48. The fourth-order valence-electron chi connectivity index (χ4n) is 1.48. The molecule has 1 saturated carbocycles. The van der Waals surface area contributed by atoms with Crippen LogP contribution in [0.3, 0.4) is 0 Å². The van der Waals surface area contributed by atoms with Gasteiger partial charge in [0.2, 0.25) is 0 Å². The van der Waals surface area contributed by atoms with Gasteiger partial charge < -0.3 is 4.98 Å². The van der Waals surface area contributed by atoms with Crippen LogP contribution in [0.15, 0.2) is 12.1 Å². The summed E-state index contributed by atoms with van der Waals surface area (Å²) in [5.41, 5.74) is 3.08.